The number of fused-ring (bicyclic) bond motifs is 1. The van der Waals surface area contributed by atoms with Gasteiger partial charge in [-0.25, -0.2) is 0 Å². The predicted molar refractivity (Wildman–Crippen MR) is 95.6 cm³/mol. The molecule has 2 heterocycles. The fourth-order valence-electron chi connectivity index (χ4n) is 2.79. The van der Waals surface area contributed by atoms with Crippen LogP contribution in [0.1, 0.15) is 5.56 Å². The van der Waals surface area contributed by atoms with Crippen molar-refractivity contribution in [3.05, 3.63) is 70.8 Å². The van der Waals surface area contributed by atoms with Gasteiger partial charge in [-0.3, -0.25) is 20.1 Å². The third-order valence-electron chi connectivity index (χ3n) is 3.97. The van der Waals surface area contributed by atoms with Crippen molar-refractivity contribution in [3.8, 4) is 0 Å². The number of hydrogen-bond acceptors (Lipinski definition) is 6. The molecule has 0 aliphatic heterocycles. The van der Waals surface area contributed by atoms with E-state index in [0.717, 1.165) is 16.6 Å². The highest BCUT2D eigenvalue weighted by Crippen LogP contribution is 2.33. The average molecular weight is 338 g/mol. The van der Waals surface area contributed by atoms with E-state index in [1.165, 1.54) is 12.3 Å². The quantitative estimate of drug-likeness (QED) is 0.486. The molecule has 0 bridgehead atoms. The van der Waals surface area contributed by atoms with Gasteiger partial charge in [0.2, 0.25) is 0 Å². The lowest BCUT2D eigenvalue weighted by Gasteiger charge is -2.26. The summed E-state index contributed by atoms with van der Waals surface area (Å²) < 4.78 is 5.23. The molecular weight excluding hydrogens is 320 g/mol. The summed E-state index contributed by atoms with van der Waals surface area (Å²) in [7, 11) is 1.65. The van der Waals surface area contributed by atoms with Crippen LogP contribution in [0.2, 0.25) is 0 Å². The standard InChI is InChI=1S/C18H18N4O3/c1-25-10-9-21(13-14-3-2-7-19-11-14)17-4-5-18(22(23)24)16-12-20-8-6-15(16)17/h2-8,11-12H,9-10,13H2,1H3. The van der Waals surface area contributed by atoms with Crippen LogP contribution in [0.25, 0.3) is 10.8 Å². The van der Waals surface area contributed by atoms with E-state index in [9.17, 15) is 10.1 Å². The van der Waals surface area contributed by atoms with Gasteiger partial charge in [-0.05, 0) is 23.8 Å². The number of aromatic nitrogens is 2. The fraction of sp³-hybridized carbons (Fsp3) is 0.222. The van der Waals surface area contributed by atoms with Gasteiger partial charge in [-0.1, -0.05) is 6.07 Å². The van der Waals surface area contributed by atoms with E-state index in [-0.39, 0.29) is 10.6 Å². The van der Waals surface area contributed by atoms with Crippen molar-refractivity contribution < 1.29 is 9.66 Å². The molecule has 1 aromatic carbocycles. The molecule has 0 fully saturated rings. The molecule has 0 unspecified atom stereocenters. The summed E-state index contributed by atoms with van der Waals surface area (Å²) in [6, 6.07) is 9.01. The Morgan fingerprint density at radius 2 is 1.96 bits per heavy atom. The minimum atomic E-state index is -0.381. The average Bonchev–Trinajstić information content (AvgIpc) is 2.65. The molecule has 0 N–H and O–H groups in total. The Hall–Kier alpha value is -3.06. The second-order valence-corrected chi connectivity index (χ2v) is 5.56. The number of hydrogen-bond donors (Lipinski definition) is 0. The minimum Gasteiger partial charge on any atom is -0.383 e. The van der Waals surface area contributed by atoms with Crippen molar-refractivity contribution in [3.63, 3.8) is 0 Å². The smallest absolute Gasteiger partial charge is 0.278 e. The van der Waals surface area contributed by atoms with Crippen molar-refractivity contribution >= 4 is 22.1 Å². The molecule has 3 aromatic rings. The number of methoxy groups -OCH3 is 1. The molecule has 2 aromatic heterocycles. The molecule has 0 radical (unpaired) electrons. The highest BCUT2D eigenvalue weighted by Gasteiger charge is 2.18. The topological polar surface area (TPSA) is 81.4 Å². The maximum absolute atomic E-state index is 11.3. The van der Waals surface area contributed by atoms with Gasteiger partial charge in [0.25, 0.3) is 5.69 Å². The number of rotatable bonds is 7. The zero-order valence-corrected chi connectivity index (χ0v) is 13.8. The Kier molecular flexibility index (Phi) is 5.15. The summed E-state index contributed by atoms with van der Waals surface area (Å²) in [6.45, 7) is 1.83. The molecule has 0 aliphatic carbocycles. The third kappa shape index (κ3) is 3.72. The number of nitrogens with zero attached hydrogens (tertiary/aromatic N) is 4. The molecule has 7 nitrogen and oxygen atoms in total. The van der Waals surface area contributed by atoms with Gasteiger partial charge in [-0.15, -0.1) is 0 Å². The summed E-state index contributed by atoms with van der Waals surface area (Å²) in [6.07, 6.45) is 6.73. The Labute approximate surface area is 145 Å². The first-order valence-electron chi connectivity index (χ1n) is 7.84. The number of pyridine rings is 2. The van der Waals surface area contributed by atoms with Gasteiger partial charge in [0.1, 0.15) is 0 Å². The predicted octanol–water partition coefficient (Wildman–Crippen LogP) is 3.19. The van der Waals surface area contributed by atoms with E-state index >= 15 is 0 Å². The molecular formula is C18H18N4O3. The lowest BCUT2D eigenvalue weighted by atomic mass is 10.1. The summed E-state index contributed by atoms with van der Waals surface area (Å²) in [5.74, 6) is 0. The molecule has 0 aliphatic rings. The summed E-state index contributed by atoms with van der Waals surface area (Å²) >= 11 is 0. The van der Waals surface area contributed by atoms with E-state index in [1.54, 1.807) is 31.6 Å². The van der Waals surface area contributed by atoms with Gasteiger partial charge in [0.05, 0.1) is 16.9 Å². The van der Waals surface area contributed by atoms with Crippen molar-refractivity contribution in [2.24, 2.45) is 0 Å². The molecule has 3 rings (SSSR count). The summed E-state index contributed by atoms with van der Waals surface area (Å²) in [5.41, 5.74) is 2.02. The maximum atomic E-state index is 11.3. The Morgan fingerprint density at radius 1 is 1.12 bits per heavy atom. The molecule has 0 atom stereocenters. The van der Waals surface area contributed by atoms with Crippen molar-refractivity contribution in [2.75, 3.05) is 25.2 Å². The largest absolute Gasteiger partial charge is 0.383 e. The zero-order valence-electron chi connectivity index (χ0n) is 13.8. The van der Waals surface area contributed by atoms with Crippen molar-refractivity contribution in [1.82, 2.24) is 9.97 Å². The number of nitro groups is 1. The molecule has 0 amide bonds. The zero-order chi connectivity index (χ0) is 17.6. The highest BCUT2D eigenvalue weighted by molar-refractivity contribution is 5.99. The number of anilines is 1. The minimum absolute atomic E-state index is 0.0555. The van der Waals surface area contributed by atoms with Crippen molar-refractivity contribution in [1.29, 1.82) is 0 Å². The van der Waals surface area contributed by atoms with E-state index in [0.29, 0.717) is 25.1 Å². The van der Waals surface area contributed by atoms with Crippen LogP contribution in [0, 0.1) is 10.1 Å². The Balaban J connectivity index is 2.06. The van der Waals surface area contributed by atoms with E-state index < -0.39 is 0 Å². The highest BCUT2D eigenvalue weighted by atomic mass is 16.6. The van der Waals surface area contributed by atoms with Crippen molar-refractivity contribution in [2.45, 2.75) is 6.54 Å². The first-order valence-corrected chi connectivity index (χ1v) is 7.84. The van der Waals surface area contributed by atoms with Crippen LogP contribution >= 0.6 is 0 Å². The van der Waals surface area contributed by atoms with Gasteiger partial charge in [-0.2, -0.15) is 0 Å². The number of non-ortho nitro benzene ring substituents is 1. The molecule has 0 saturated heterocycles. The number of ether oxygens (including phenoxy) is 1. The Morgan fingerprint density at radius 3 is 2.68 bits per heavy atom. The molecule has 0 spiro atoms. The molecule has 25 heavy (non-hydrogen) atoms. The lowest BCUT2D eigenvalue weighted by molar-refractivity contribution is -0.383. The van der Waals surface area contributed by atoms with Gasteiger partial charge < -0.3 is 9.64 Å². The van der Waals surface area contributed by atoms with Gasteiger partial charge in [0.15, 0.2) is 0 Å². The normalized spacial score (nSPS) is 10.8. The van der Waals surface area contributed by atoms with E-state index in [2.05, 4.69) is 14.9 Å². The monoisotopic (exact) mass is 338 g/mol. The Bertz CT molecular complexity index is 871. The maximum Gasteiger partial charge on any atom is 0.278 e. The molecule has 7 heteroatoms. The second kappa shape index (κ2) is 7.67. The van der Waals surface area contributed by atoms with Crippen LogP contribution in [0.3, 0.4) is 0 Å². The number of benzene rings is 1. The van der Waals surface area contributed by atoms with E-state index in [1.807, 2.05) is 18.3 Å². The van der Waals surface area contributed by atoms with Crippen LogP contribution in [-0.4, -0.2) is 35.2 Å². The van der Waals surface area contributed by atoms with Crippen LogP contribution < -0.4 is 4.90 Å². The summed E-state index contributed by atoms with van der Waals surface area (Å²) in [4.78, 5) is 21.2. The first kappa shape index (κ1) is 16.8. The second-order valence-electron chi connectivity index (χ2n) is 5.56. The van der Waals surface area contributed by atoms with Crippen LogP contribution in [-0.2, 0) is 11.3 Å². The SMILES string of the molecule is COCCN(Cc1cccnc1)c1ccc([N+](=O)[O-])c2cnccc12. The van der Waals surface area contributed by atoms with Crippen LogP contribution in [0.4, 0.5) is 11.4 Å². The van der Waals surface area contributed by atoms with Gasteiger partial charge >= 0.3 is 0 Å². The van der Waals surface area contributed by atoms with Gasteiger partial charge in [0, 0.05) is 62.1 Å². The fourth-order valence-corrected chi connectivity index (χ4v) is 2.79. The van der Waals surface area contributed by atoms with E-state index in [4.69, 9.17) is 4.74 Å². The van der Waals surface area contributed by atoms with Crippen LogP contribution in [0.15, 0.2) is 55.1 Å². The lowest BCUT2D eigenvalue weighted by Crippen LogP contribution is -2.27. The summed E-state index contributed by atoms with van der Waals surface area (Å²) in [5, 5.41) is 12.6. The third-order valence-corrected chi connectivity index (χ3v) is 3.97. The number of nitro benzene ring substituents is 1. The first-order chi connectivity index (χ1) is 12.2. The molecule has 128 valence electrons. The van der Waals surface area contributed by atoms with Crippen LogP contribution in [0.5, 0.6) is 0 Å². The molecule has 0 saturated carbocycles.